The van der Waals surface area contributed by atoms with Crippen molar-refractivity contribution in [3.8, 4) is 0 Å². The largest absolute Gasteiger partial charge is 0.370 e. The Morgan fingerprint density at radius 1 is 1.33 bits per heavy atom. The van der Waals surface area contributed by atoms with E-state index < -0.39 is 0 Å². The zero-order valence-electron chi connectivity index (χ0n) is 12.7. The van der Waals surface area contributed by atoms with Crippen LogP contribution >= 0.6 is 0 Å². The number of aliphatic imine (C=N–C) groups is 1. The van der Waals surface area contributed by atoms with Crippen LogP contribution in [0.15, 0.2) is 41.5 Å². The summed E-state index contributed by atoms with van der Waals surface area (Å²) in [5.41, 5.74) is 9.40. The van der Waals surface area contributed by atoms with Crippen LogP contribution in [0.1, 0.15) is 23.7 Å². The number of hydrogen-bond donors (Lipinski definition) is 2. The number of hydrogen-bond acceptors (Lipinski definition) is 2. The lowest BCUT2D eigenvalue weighted by atomic mass is 10.1. The SMILES string of the molecule is CCc1nn(C)cc1CN=C(N)NCCc1ccccc1. The standard InChI is InChI=1S/C16H23N5/c1-3-15-14(12-21(2)20-15)11-19-16(17)18-10-9-13-7-5-4-6-8-13/h4-8,12H,3,9-11H2,1-2H3,(H3,17,18,19). The van der Waals surface area contributed by atoms with Crippen molar-refractivity contribution < 1.29 is 0 Å². The fourth-order valence-electron chi connectivity index (χ4n) is 2.22. The molecule has 0 aliphatic carbocycles. The molecule has 0 saturated carbocycles. The van der Waals surface area contributed by atoms with Gasteiger partial charge in [0.1, 0.15) is 0 Å². The van der Waals surface area contributed by atoms with Gasteiger partial charge in [-0.2, -0.15) is 5.10 Å². The minimum Gasteiger partial charge on any atom is -0.370 e. The van der Waals surface area contributed by atoms with Gasteiger partial charge in [-0.15, -0.1) is 0 Å². The summed E-state index contributed by atoms with van der Waals surface area (Å²) >= 11 is 0. The van der Waals surface area contributed by atoms with Crippen LogP contribution in [0.4, 0.5) is 0 Å². The summed E-state index contributed by atoms with van der Waals surface area (Å²) in [4.78, 5) is 4.38. The Balaban J connectivity index is 1.81. The van der Waals surface area contributed by atoms with Crippen molar-refractivity contribution in [1.29, 1.82) is 0 Å². The van der Waals surface area contributed by atoms with Gasteiger partial charge in [-0.1, -0.05) is 37.3 Å². The summed E-state index contributed by atoms with van der Waals surface area (Å²) in [6.07, 6.45) is 3.84. The summed E-state index contributed by atoms with van der Waals surface area (Å²) in [7, 11) is 1.92. The van der Waals surface area contributed by atoms with Crippen molar-refractivity contribution in [2.75, 3.05) is 6.54 Å². The summed E-state index contributed by atoms with van der Waals surface area (Å²) in [5, 5.41) is 7.54. The Bertz CT molecular complexity index is 586. The molecule has 5 nitrogen and oxygen atoms in total. The molecule has 112 valence electrons. The normalized spacial score (nSPS) is 11.6. The fourth-order valence-corrected chi connectivity index (χ4v) is 2.22. The van der Waals surface area contributed by atoms with Gasteiger partial charge in [0.05, 0.1) is 12.2 Å². The van der Waals surface area contributed by atoms with Gasteiger partial charge in [0.15, 0.2) is 5.96 Å². The second kappa shape index (κ2) is 7.47. The maximum absolute atomic E-state index is 5.90. The van der Waals surface area contributed by atoms with Gasteiger partial charge < -0.3 is 11.1 Å². The van der Waals surface area contributed by atoms with Crippen LogP contribution in [0, 0.1) is 0 Å². The molecule has 0 atom stereocenters. The molecule has 1 heterocycles. The monoisotopic (exact) mass is 285 g/mol. The maximum Gasteiger partial charge on any atom is 0.188 e. The van der Waals surface area contributed by atoms with E-state index in [0.29, 0.717) is 12.5 Å². The van der Waals surface area contributed by atoms with E-state index in [1.165, 1.54) is 5.56 Å². The molecule has 5 heteroatoms. The van der Waals surface area contributed by atoms with Gasteiger partial charge >= 0.3 is 0 Å². The minimum absolute atomic E-state index is 0.483. The molecule has 0 unspecified atom stereocenters. The quantitative estimate of drug-likeness (QED) is 0.626. The first-order valence-electron chi connectivity index (χ1n) is 7.28. The summed E-state index contributed by atoms with van der Waals surface area (Å²) in [5.74, 6) is 0.483. The molecule has 0 aliphatic rings. The third-order valence-corrected chi connectivity index (χ3v) is 3.31. The Labute approximate surface area is 125 Å². The van der Waals surface area contributed by atoms with Crippen molar-refractivity contribution in [3.05, 3.63) is 53.3 Å². The van der Waals surface area contributed by atoms with E-state index in [2.05, 4.69) is 34.5 Å². The second-order valence-corrected chi connectivity index (χ2v) is 4.99. The van der Waals surface area contributed by atoms with Crippen molar-refractivity contribution in [2.24, 2.45) is 17.8 Å². The third-order valence-electron chi connectivity index (χ3n) is 3.31. The zero-order chi connectivity index (χ0) is 15.1. The zero-order valence-corrected chi connectivity index (χ0v) is 12.7. The molecule has 3 N–H and O–H groups in total. The van der Waals surface area contributed by atoms with Crippen LogP contribution in [0.5, 0.6) is 0 Å². The van der Waals surface area contributed by atoms with Crippen molar-refractivity contribution in [1.82, 2.24) is 15.1 Å². The Morgan fingerprint density at radius 3 is 2.81 bits per heavy atom. The highest BCUT2D eigenvalue weighted by Crippen LogP contribution is 2.08. The smallest absolute Gasteiger partial charge is 0.188 e. The van der Waals surface area contributed by atoms with Gasteiger partial charge in [0, 0.05) is 25.4 Å². The van der Waals surface area contributed by atoms with Crippen LogP contribution in [0.3, 0.4) is 0 Å². The maximum atomic E-state index is 5.90. The summed E-state index contributed by atoms with van der Waals surface area (Å²) < 4.78 is 1.82. The van der Waals surface area contributed by atoms with E-state index in [1.807, 2.05) is 36.1 Å². The van der Waals surface area contributed by atoms with Gasteiger partial charge in [0.2, 0.25) is 0 Å². The second-order valence-electron chi connectivity index (χ2n) is 4.99. The van der Waals surface area contributed by atoms with Gasteiger partial charge in [0.25, 0.3) is 0 Å². The number of guanidine groups is 1. The number of nitrogens with one attached hydrogen (secondary N) is 1. The summed E-state index contributed by atoms with van der Waals surface area (Å²) in [6, 6.07) is 10.3. The third kappa shape index (κ3) is 4.63. The van der Waals surface area contributed by atoms with Crippen molar-refractivity contribution in [2.45, 2.75) is 26.3 Å². The highest BCUT2D eigenvalue weighted by Gasteiger charge is 2.04. The molecule has 1 aromatic carbocycles. The first-order valence-corrected chi connectivity index (χ1v) is 7.28. The van der Waals surface area contributed by atoms with Gasteiger partial charge in [-0.25, -0.2) is 4.99 Å². The number of nitrogens with two attached hydrogens (primary N) is 1. The molecule has 2 rings (SSSR count). The topological polar surface area (TPSA) is 68.2 Å². The van der Waals surface area contributed by atoms with Crippen molar-refractivity contribution in [3.63, 3.8) is 0 Å². The number of benzene rings is 1. The highest BCUT2D eigenvalue weighted by molar-refractivity contribution is 5.77. The molecule has 1 aromatic heterocycles. The van der Waals surface area contributed by atoms with E-state index >= 15 is 0 Å². The first-order chi connectivity index (χ1) is 10.2. The fraction of sp³-hybridized carbons (Fsp3) is 0.375. The average molecular weight is 285 g/mol. The molecule has 2 aromatic rings. The number of aryl methyl sites for hydroxylation is 2. The predicted molar refractivity (Wildman–Crippen MR) is 86.1 cm³/mol. The van der Waals surface area contributed by atoms with E-state index in [9.17, 15) is 0 Å². The number of nitrogens with zero attached hydrogens (tertiary/aromatic N) is 3. The van der Waals surface area contributed by atoms with Crippen LogP contribution in [-0.4, -0.2) is 22.3 Å². The van der Waals surface area contributed by atoms with Crippen LogP contribution < -0.4 is 11.1 Å². The Kier molecular flexibility index (Phi) is 5.37. The number of aromatic nitrogens is 2. The van der Waals surface area contributed by atoms with E-state index in [-0.39, 0.29) is 0 Å². The van der Waals surface area contributed by atoms with E-state index in [1.54, 1.807) is 0 Å². The molecule has 21 heavy (non-hydrogen) atoms. The Morgan fingerprint density at radius 2 is 2.10 bits per heavy atom. The summed E-state index contributed by atoms with van der Waals surface area (Å²) in [6.45, 7) is 3.45. The van der Waals surface area contributed by atoms with Gasteiger partial charge in [-0.05, 0) is 18.4 Å². The van der Waals surface area contributed by atoms with Crippen LogP contribution in [0.25, 0.3) is 0 Å². The lowest BCUT2D eigenvalue weighted by Crippen LogP contribution is -2.33. The first kappa shape index (κ1) is 15.1. The highest BCUT2D eigenvalue weighted by atomic mass is 15.3. The molecule has 0 radical (unpaired) electrons. The predicted octanol–water partition coefficient (Wildman–Crippen LogP) is 1.63. The average Bonchev–Trinajstić information content (AvgIpc) is 2.86. The molecule has 0 spiro atoms. The molecular weight excluding hydrogens is 262 g/mol. The minimum atomic E-state index is 0.483. The van der Waals surface area contributed by atoms with E-state index in [4.69, 9.17) is 5.73 Å². The molecular formula is C16H23N5. The molecule has 0 bridgehead atoms. The molecule has 0 amide bonds. The van der Waals surface area contributed by atoms with Gasteiger partial charge in [-0.3, -0.25) is 4.68 Å². The van der Waals surface area contributed by atoms with Crippen LogP contribution in [-0.2, 0) is 26.4 Å². The molecule has 0 fully saturated rings. The number of rotatable bonds is 6. The molecule has 0 aliphatic heterocycles. The van der Waals surface area contributed by atoms with E-state index in [0.717, 1.165) is 30.6 Å². The van der Waals surface area contributed by atoms with Crippen LogP contribution in [0.2, 0.25) is 0 Å². The van der Waals surface area contributed by atoms with Crippen molar-refractivity contribution >= 4 is 5.96 Å². The molecule has 0 saturated heterocycles. The lowest BCUT2D eigenvalue weighted by molar-refractivity contribution is 0.746. The Hall–Kier alpha value is -2.30. The lowest BCUT2D eigenvalue weighted by Gasteiger charge is -2.05.